The van der Waals surface area contributed by atoms with Crippen LogP contribution in [0.3, 0.4) is 0 Å². The van der Waals surface area contributed by atoms with Crippen LogP contribution in [0.4, 0.5) is 10.1 Å². The second-order valence-electron chi connectivity index (χ2n) is 5.34. The Morgan fingerprint density at radius 1 is 1.08 bits per heavy atom. The first kappa shape index (κ1) is 17.6. The van der Waals surface area contributed by atoms with Crippen molar-refractivity contribution >= 4 is 23.4 Å². The lowest BCUT2D eigenvalue weighted by atomic mass is 10.1. The number of benzene rings is 2. The molecule has 0 aliphatic heterocycles. The van der Waals surface area contributed by atoms with Crippen molar-refractivity contribution in [2.24, 2.45) is 0 Å². The third kappa shape index (κ3) is 4.26. The highest BCUT2D eigenvalue weighted by Crippen LogP contribution is 2.25. The summed E-state index contributed by atoms with van der Waals surface area (Å²) in [4.78, 5) is 16.6. The minimum Gasteiger partial charge on any atom is -0.323 e. The maximum Gasteiger partial charge on any atom is 0.234 e. The Labute approximate surface area is 154 Å². The van der Waals surface area contributed by atoms with E-state index in [9.17, 15) is 14.4 Å². The number of nitrogens with one attached hydrogen (secondary N) is 1. The monoisotopic (exact) mass is 363 g/mol. The van der Waals surface area contributed by atoms with Gasteiger partial charge >= 0.3 is 0 Å². The zero-order chi connectivity index (χ0) is 18.4. The molecule has 4 nitrogen and oxygen atoms in total. The van der Waals surface area contributed by atoms with Gasteiger partial charge in [-0.3, -0.25) is 4.79 Å². The lowest BCUT2D eigenvalue weighted by molar-refractivity contribution is -0.113. The van der Waals surface area contributed by atoms with Crippen LogP contribution in [0, 0.1) is 17.1 Å². The van der Waals surface area contributed by atoms with Gasteiger partial charge in [0.05, 0.1) is 22.7 Å². The number of hydrogen-bond donors (Lipinski definition) is 1. The number of rotatable bonds is 5. The molecule has 128 valence electrons. The second-order valence-corrected chi connectivity index (χ2v) is 6.31. The van der Waals surface area contributed by atoms with Crippen molar-refractivity contribution in [3.8, 4) is 17.3 Å². The number of carbonyl (C=O) groups is 1. The Balaban J connectivity index is 1.73. The largest absolute Gasteiger partial charge is 0.323 e. The van der Waals surface area contributed by atoms with Crippen molar-refractivity contribution in [2.75, 3.05) is 11.1 Å². The Kier molecular flexibility index (Phi) is 5.62. The molecule has 1 amide bonds. The Bertz CT molecular complexity index is 970. The summed E-state index contributed by atoms with van der Waals surface area (Å²) >= 11 is 1.15. The van der Waals surface area contributed by atoms with Gasteiger partial charge in [0.2, 0.25) is 5.91 Å². The zero-order valence-electron chi connectivity index (χ0n) is 13.6. The molecule has 0 unspecified atom stereocenters. The van der Waals surface area contributed by atoms with Crippen LogP contribution in [0.2, 0.25) is 0 Å². The molecule has 0 saturated heterocycles. The molecule has 3 rings (SSSR count). The SMILES string of the molecule is N#Cc1ccc(-c2ccccc2)nc1SCC(=O)Nc1ccccc1F. The number of amides is 1. The van der Waals surface area contributed by atoms with Crippen LogP contribution in [0.5, 0.6) is 0 Å². The van der Waals surface area contributed by atoms with Crippen LogP contribution in [-0.2, 0) is 4.79 Å². The van der Waals surface area contributed by atoms with Gasteiger partial charge in [0.15, 0.2) is 0 Å². The van der Waals surface area contributed by atoms with Crippen LogP contribution >= 0.6 is 11.8 Å². The molecule has 26 heavy (non-hydrogen) atoms. The highest BCUT2D eigenvalue weighted by atomic mass is 32.2. The molecule has 1 N–H and O–H groups in total. The maximum atomic E-state index is 13.6. The van der Waals surface area contributed by atoms with E-state index >= 15 is 0 Å². The average molecular weight is 363 g/mol. The van der Waals surface area contributed by atoms with Crippen molar-refractivity contribution < 1.29 is 9.18 Å². The number of carbonyl (C=O) groups excluding carboxylic acids is 1. The van der Waals surface area contributed by atoms with Gasteiger partial charge in [-0.1, -0.05) is 54.2 Å². The molecule has 0 atom stereocenters. The quantitative estimate of drug-likeness (QED) is 0.678. The van der Waals surface area contributed by atoms with Gasteiger partial charge in [-0.25, -0.2) is 9.37 Å². The number of thioether (sulfide) groups is 1. The summed E-state index contributed by atoms with van der Waals surface area (Å²) in [5.74, 6) is -0.836. The standard InChI is InChI=1S/C20H14FN3OS/c21-16-8-4-5-9-18(16)23-19(25)13-26-20-15(12-22)10-11-17(24-20)14-6-2-1-3-7-14/h1-11H,13H2,(H,23,25). The first-order valence-corrected chi connectivity index (χ1v) is 8.79. The van der Waals surface area contributed by atoms with Gasteiger partial charge in [-0.15, -0.1) is 0 Å². The summed E-state index contributed by atoms with van der Waals surface area (Å²) in [6, 6.07) is 21.1. The third-order valence-corrected chi connectivity index (χ3v) is 4.53. The fourth-order valence-corrected chi connectivity index (χ4v) is 3.06. The van der Waals surface area contributed by atoms with E-state index in [4.69, 9.17) is 0 Å². The molecule has 2 aromatic carbocycles. The fraction of sp³-hybridized carbons (Fsp3) is 0.0500. The number of nitrogens with zero attached hydrogens (tertiary/aromatic N) is 2. The van der Waals surface area contributed by atoms with Crippen molar-refractivity contribution in [3.63, 3.8) is 0 Å². The molecule has 1 aromatic heterocycles. The molecule has 0 bridgehead atoms. The molecule has 3 aromatic rings. The van der Waals surface area contributed by atoms with Gasteiger partial charge in [0.1, 0.15) is 16.9 Å². The summed E-state index contributed by atoms with van der Waals surface area (Å²) in [6.07, 6.45) is 0. The predicted octanol–water partition coefficient (Wildman–Crippen LogP) is 4.49. The number of aromatic nitrogens is 1. The van der Waals surface area contributed by atoms with Gasteiger partial charge < -0.3 is 5.32 Å². The van der Waals surface area contributed by atoms with Crippen LogP contribution in [0.25, 0.3) is 11.3 Å². The van der Waals surface area contributed by atoms with E-state index in [1.165, 1.54) is 12.1 Å². The highest BCUT2D eigenvalue weighted by molar-refractivity contribution is 8.00. The smallest absolute Gasteiger partial charge is 0.234 e. The summed E-state index contributed by atoms with van der Waals surface area (Å²) in [5, 5.41) is 12.3. The number of para-hydroxylation sites is 1. The molecular weight excluding hydrogens is 349 g/mol. The molecular formula is C20H14FN3OS. The molecule has 0 radical (unpaired) electrons. The Morgan fingerprint density at radius 3 is 2.54 bits per heavy atom. The van der Waals surface area contributed by atoms with E-state index in [-0.39, 0.29) is 17.3 Å². The number of hydrogen-bond acceptors (Lipinski definition) is 4. The van der Waals surface area contributed by atoms with E-state index in [0.717, 1.165) is 23.0 Å². The Morgan fingerprint density at radius 2 is 1.81 bits per heavy atom. The minimum absolute atomic E-state index is 0.0221. The molecule has 0 saturated carbocycles. The molecule has 0 spiro atoms. The number of pyridine rings is 1. The van der Waals surface area contributed by atoms with E-state index in [1.807, 2.05) is 30.3 Å². The van der Waals surface area contributed by atoms with E-state index < -0.39 is 5.82 Å². The van der Waals surface area contributed by atoms with Gasteiger partial charge in [0, 0.05) is 5.56 Å². The van der Waals surface area contributed by atoms with E-state index in [1.54, 1.807) is 24.3 Å². The zero-order valence-corrected chi connectivity index (χ0v) is 14.5. The second kappa shape index (κ2) is 8.28. The first-order valence-electron chi connectivity index (χ1n) is 7.81. The summed E-state index contributed by atoms with van der Waals surface area (Å²) in [7, 11) is 0. The Hall–Kier alpha value is -3.17. The van der Waals surface area contributed by atoms with Gasteiger partial charge in [0.25, 0.3) is 0 Å². The topological polar surface area (TPSA) is 65.8 Å². The summed E-state index contributed by atoms with van der Waals surface area (Å²) < 4.78 is 13.6. The summed E-state index contributed by atoms with van der Waals surface area (Å²) in [5.41, 5.74) is 2.18. The first-order chi connectivity index (χ1) is 12.7. The van der Waals surface area contributed by atoms with Crippen LogP contribution in [-0.4, -0.2) is 16.6 Å². The normalized spacial score (nSPS) is 10.2. The van der Waals surface area contributed by atoms with Crippen molar-refractivity contribution in [3.05, 3.63) is 78.1 Å². The molecule has 0 aliphatic rings. The highest BCUT2D eigenvalue weighted by Gasteiger charge is 2.12. The predicted molar refractivity (Wildman–Crippen MR) is 100 cm³/mol. The number of anilines is 1. The lowest BCUT2D eigenvalue weighted by Crippen LogP contribution is -2.15. The van der Waals surface area contributed by atoms with E-state index in [0.29, 0.717) is 10.6 Å². The number of nitriles is 1. The molecule has 0 aliphatic carbocycles. The van der Waals surface area contributed by atoms with Gasteiger partial charge in [-0.05, 0) is 24.3 Å². The van der Waals surface area contributed by atoms with Crippen molar-refractivity contribution in [1.29, 1.82) is 5.26 Å². The fourth-order valence-electron chi connectivity index (χ4n) is 2.29. The minimum atomic E-state index is -0.493. The van der Waals surface area contributed by atoms with Crippen LogP contribution in [0.1, 0.15) is 5.56 Å². The third-order valence-electron chi connectivity index (χ3n) is 3.54. The van der Waals surface area contributed by atoms with E-state index in [2.05, 4.69) is 16.4 Å². The molecule has 0 fully saturated rings. The molecule has 6 heteroatoms. The van der Waals surface area contributed by atoms with Crippen molar-refractivity contribution in [1.82, 2.24) is 4.98 Å². The van der Waals surface area contributed by atoms with Gasteiger partial charge in [-0.2, -0.15) is 5.26 Å². The maximum absolute atomic E-state index is 13.6. The average Bonchev–Trinajstić information content (AvgIpc) is 2.68. The molecule has 1 heterocycles. The van der Waals surface area contributed by atoms with Crippen LogP contribution in [0.15, 0.2) is 71.8 Å². The van der Waals surface area contributed by atoms with Crippen molar-refractivity contribution in [2.45, 2.75) is 5.03 Å². The lowest BCUT2D eigenvalue weighted by Gasteiger charge is -2.08. The summed E-state index contributed by atoms with van der Waals surface area (Å²) in [6.45, 7) is 0. The number of halogens is 1. The van der Waals surface area contributed by atoms with Crippen LogP contribution < -0.4 is 5.32 Å².